The van der Waals surface area contributed by atoms with Gasteiger partial charge in [-0.1, -0.05) is 0 Å². The summed E-state index contributed by atoms with van der Waals surface area (Å²) in [5.41, 5.74) is 6.43. The first-order valence-electron chi connectivity index (χ1n) is 5.53. The molecule has 6 nitrogen and oxygen atoms in total. The second-order valence-electron chi connectivity index (χ2n) is 4.43. The minimum atomic E-state index is -3.13. The van der Waals surface area contributed by atoms with Gasteiger partial charge in [0, 0.05) is 18.5 Å². The predicted molar refractivity (Wildman–Crippen MR) is 69.2 cm³/mol. The number of sulfone groups is 1. The molecule has 0 saturated carbocycles. The lowest BCUT2D eigenvalue weighted by Gasteiger charge is -2.11. The van der Waals surface area contributed by atoms with Crippen molar-refractivity contribution >= 4 is 21.5 Å². The summed E-state index contributed by atoms with van der Waals surface area (Å²) in [5, 5.41) is 0. The molecular weight excluding hydrogens is 256 g/mol. The summed E-state index contributed by atoms with van der Waals surface area (Å²) < 4.78 is 28.4. The van der Waals surface area contributed by atoms with Crippen LogP contribution in [0.5, 0.6) is 0 Å². The number of nitrogens with zero attached hydrogens (tertiary/aromatic N) is 1. The summed E-state index contributed by atoms with van der Waals surface area (Å²) in [6.07, 6.45) is 2.74. The number of carbonyl (C=O) groups excluding carboxylic acids is 1. The molecule has 0 bridgehead atoms. The standard InChI is InChI=1S/C11H18N2O4S/c1-8(2)13-7-9(12)6-10(13)11(14)17-4-5-18(3,15)16/h6-8H,4-5,12H2,1-3H3. The van der Waals surface area contributed by atoms with Gasteiger partial charge in [0.1, 0.15) is 12.3 Å². The van der Waals surface area contributed by atoms with Crippen LogP contribution in [-0.4, -0.2) is 37.6 Å². The Morgan fingerprint density at radius 1 is 1.50 bits per heavy atom. The van der Waals surface area contributed by atoms with E-state index in [1.165, 1.54) is 6.07 Å². The molecule has 1 heterocycles. The first-order valence-corrected chi connectivity index (χ1v) is 7.59. The maximum Gasteiger partial charge on any atom is 0.355 e. The Kier molecular flexibility index (Phi) is 4.39. The lowest BCUT2D eigenvalue weighted by Crippen LogP contribution is -2.17. The zero-order valence-electron chi connectivity index (χ0n) is 10.7. The van der Waals surface area contributed by atoms with Crippen LogP contribution in [0.25, 0.3) is 0 Å². The third-order valence-corrected chi connectivity index (χ3v) is 3.23. The Morgan fingerprint density at radius 3 is 2.61 bits per heavy atom. The maximum atomic E-state index is 11.8. The third-order valence-electron chi connectivity index (χ3n) is 2.32. The van der Waals surface area contributed by atoms with Crippen LogP contribution < -0.4 is 5.73 Å². The van der Waals surface area contributed by atoms with E-state index < -0.39 is 15.8 Å². The molecule has 1 aromatic rings. The highest BCUT2D eigenvalue weighted by atomic mass is 32.2. The molecule has 0 saturated heterocycles. The molecule has 2 N–H and O–H groups in total. The molecule has 0 radical (unpaired) electrons. The first-order chi connectivity index (χ1) is 8.20. The number of nitrogen functional groups attached to an aromatic ring is 1. The summed E-state index contributed by atoms with van der Waals surface area (Å²) in [6.45, 7) is 3.67. The van der Waals surface area contributed by atoms with E-state index in [1.54, 1.807) is 10.8 Å². The molecule has 0 unspecified atom stereocenters. The number of hydrogen-bond acceptors (Lipinski definition) is 5. The van der Waals surface area contributed by atoms with Crippen molar-refractivity contribution in [3.05, 3.63) is 18.0 Å². The van der Waals surface area contributed by atoms with Crippen molar-refractivity contribution in [2.45, 2.75) is 19.9 Å². The Labute approximate surface area is 107 Å². The first kappa shape index (κ1) is 14.6. The molecule has 0 amide bonds. The third kappa shape index (κ3) is 4.06. The molecule has 0 spiro atoms. The fourth-order valence-electron chi connectivity index (χ4n) is 1.45. The lowest BCUT2D eigenvalue weighted by molar-refractivity contribution is 0.0515. The Morgan fingerprint density at radius 2 is 2.11 bits per heavy atom. The highest BCUT2D eigenvalue weighted by Gasteiger charge is 2.16. The molecule has 0 fully saturated rings. The van der Waals surface area contributed by atoms with E-state index in [4.69, 9.17) is 10.5 Å². The van der Waals surface area contributed by atoms with Crippen molar-refractivity contribution < 1.29 is 17.9 Å². The summed E-state index contributed by atoms with van der Waals surface area (Å²) in [7, 11) is -3.13. The summed E-state index contributed by atoms with van der Waals surface area (Å²) in [5.74, 6) is -0.750. The number of aromatic nitrogens is 1. The smallest absolute Gasteiger partial charge is 0.355 e. The quantitative estimate of drug-likeness (QED) is 0.804. The monoisotopic (exact) mass is 274 g/mol. The molecule has 0 aliphatic rings. The van der Waals surface area contributed by atoms with Gasteiger partial charge in [0.25, 0.3) is 0 Å². The van der Waals surface area contributed by atoms with Gasteiger partial charge in [-0.25, -0.2) is 13.2 Å². The number of anilines is 1. The summed E-state index contributed by atoms with van der Waals surface area (Å²) in [6, 6.07) is 1.59. The van der Waals surface area contributed by atoms with E-state index in [2.05, 4.69) is 0 Å². The van der Waals surface area contributed by atoms with Gasteiger partial charge in [-0.3, -0.25) is 0 Å². The highest BCUT2D eigenvalue weighted by Crippen LogP contribution is 2.17. The van der Waals surface area contributed by atoms with Gasteiger partial charge in [0.05, 0.1) is 11.4 Å². The van der Waals surface area contributed by atoms with E-state index in [9.17, 15) is 13.2 Å². The van der Waals surface area contributed by atoms with Crippen LogP contribution in [0.3, 0.4) is 0 Å². The molecule has 18 heavy (non-hydrogen) atoms. The van der Waals surface area contributed by atoms with Crippen molar-refractivity contribution in [1.29, 1.82) is 0 Å². The Balaban J connectivity index is 2.73. The van der Waals surface area contributed by atoms with Gasteiger partial charge in [-0.05, 0) is 19.9 Å². The van der Waals surface area contributed by atoms with Crippen molar-refractivity contribution in [2.24, 2.45) is 0 Å². The topological polar surface area (TPSA) is 91.4 Å². The molecule has 102 valence electrons. The number of carbonyl (C=O) groups is 1. The average molecular weight is 274 g/mol. The van der Waals surface area contributed by atoms with Crippen LogP contribution in [0.4, 0.5) is 5.69 Å². The van der Waals surface area contributed by atoms with E-state index in [1.807, 2.05) is 13.8 Å². The normalized spacial score (nSPS) is 11.8. The molecule has 1 aromatic heterocycles. The largest absolute Gasteiger partial charge is 0.460 e. The van der Waals surface area contributed by atoms with Crippen molar-refractivity contribution in [3.63, 3.8) is 0 Å². The van der Waals surface area contributed by atoms with Gasteiger partial charge in [0.15, 0.2) is 9.84 Å². The van der Waals surface area contributed by atoms with Gasteiger partial charge in [0.2, 0.25) is 0 Å². The summed E-state index contributed by atoms with van der Waals surface area (Å²) in [4.78, 5) is 11.8. The number of hydrogen-bond donors (Lipinski definition) is 1. The van der Waals surface area contributed by atoms with Crippen LogP contribution in [0.1, 0.15) is 30.4 Å². The predicted octanol–water partition coefficient (Wildman–Crippen LogP) is 0.853. The van der Waals surface area contributed by atoms with Crippen molar-refractivity contribution in [1.82, 2.24) is 4.57 Å². The minimum Gasteiger partial charge on any atom is -0.460 e. The molecule has 7 heteroatoms. The van der Waals surface area contributed by atoms with Crippen molar-refractivity contribution in [3.8, 4) is 0 Å². The molecule has 0 atom stereocenters. The van der Waals surface area contributed by atoms with E-state index >= 15 is 0 Å². The number of rotatable bonds is 5. The molecule has 0 aromatic carbocycles. The highest BCUT2D eigenvalue weighted by molar-refractivity contribution is 7.90. The maximum absolute atomic E-state index is 11.8. The minimum absolute atomic E-state index is 0.0692. The second kappa shape index (κ2) is 5.43. The Hall–Kier alpha value is -1.50. The number of esters is 1. The van der Waals surface area contributed by atoms with Crippen LogP contribution in [-0.2, 0) is 14.6 Å². The zero-order valence-corrected chi connectivity index (χ0v) is 11.5. The molecule has 0 aliphatic carbocycles. The molecule has 0 aliphatic heterocycles. The van der Waals surface area contributed by atoms with Crippen LogP contribution in [0.2, 0.25) is 0 Å². The fraction of sp³-hybridized carbons (Fsp3) is 0.545. The number of ether oxygens (including phenoxy) is 1. The zero-order chi connectivity index (χ0) is 13.9. The van der Waals surface area contributed by atoms with Gasteiger partial charge in [-0.15, -0.1) is 0 Å². The Bertz CT molecular complexity index is 531. The van der Waals surface area contributed by atoms with E-state index in [-0.39, 0.29) is 18.4 Å². The van der Waals surface area contributed by atoms with Crippen LogP contribution in [0, 0.1) is 0 Å². The van der Waals surface area contributed by atoms with Gasteiger partial charge >= 0.3 is 5.97 Å². The second-order valence-corrected chi connectivity index (χ2v) is 6.69. The van der Waals surface area contributed by atoms with E-state index in [0.29, 0.717) is 11.4 Å². The summed E-state index contributed by atoms with van der Waals surface area (Å²) >= 11 is 0. The SMILES string of the molecule is CC(C)n1cc(N)cc1C(=O)OCCS(C)(=O)=O. The van der Waals surface area contributed by atoms with Crippen LogP contribution in [0.15, 0.2) is 12.3 Å². The van der Waals surface area contributed by atoms with Gasteiger partial charge in [-0.2, -0.15) is 0 Å². The molecule has 1 rings (SSSR count). The fourth-order valence-corrected chi connectivity index (χ4v) is 1.84. The lowest BCUT2D eigenvalue weighted by atomic mass is 10.3. The van der Waals surface area contributed by atoms with Crippen molar-refractivity contribution in [2.75, 3.05) is 24.3 Å². The van der Waals surface area contributed by atoms with E-state index in [0.717, 1.165) is 6.26 Å². The average Bonchev–Trinajstić information content (AvgIpc) is 2.58. The van der Waals surface area contributed by atoms with Gasteiger partial charge < -0.3 is 15.0 Å². The molecular formula is C11H18N2O4S. The number of nitrogens with two attached hydrogens (primary N) is 1. The van der Waals surface area contributed by atoms with Crippen LogP contribution >= 0.6 is 0 Å².